The molecule has 2 atom stereocenters. The Morgan fingerprint density at radius 3 is 2.64 bits per heavy atom. The number of ether oxygens (including phenoxy) is 3. The zero-order valence-corrected chi connectivity index (χ0v) is 16.1. The third-order valence-corrected chi connectivity index (χ3v) is 4.73. The summed E-state index contributed by atoms with van der Waals surface area (Å²) in [5, 5.41) is 11.0. The van der Waals surface area contributed by atoms with Crippen molar-refractivity contribution in [2.24, 2.45) is 5.92 Å². The number of hydrogen-bond donors (Lipinski definition) is 2. The molecule has 0 aliphatic carbocycles. The van der Waals surface area contributed by atoms with Crippen LogP contribution in [0, 0.1) is 11.3 Å². The van der Waals surface area contributed by atoms with E-state index in [0.717, 1.165) is 0 Å². The van der Waals surface area contributed by atoms with E-state index in [9.17, 15) is 14.4 Å². The molecule has 0 saturated carbocycles. The molecule has 0 bridgehead atoms. The maximum atomic E-state index is 13.3. The van der Waals surface area contributed by atoms with Gasteiger partial charge in [0.15, 0.2) is 5.92 Å². The van der Waals surface area contributed by atoms with Gasteiger partial charge < -0.3 is 19.5 Å². The van der Waals surface area contributed by atoms with Gasteiger partial charge in [-0.25, -0.2) is 4.79 Å². The van der Waals surface area contributed by atoms with E-state index in [1.807, 2.05) is 0 Å². The molecule has 28 heavy (non-hydrogen) atoms. The van der Waals surface area contributed by atoms with Gasteiger partial charge in [-0.15, -0.1) is 0 Å². The number of anilines is 1. The number of benzene rings is 1. The van der Waals surface area contributed by atoms with Gasteiger partial charge in [0.05, 0.1) is 18.3 Å². The average Bonchev–Trinajstić information content (AvgIpc) is 2.87. The van der Waals surface area contributed by atoms with E-state index in [0.29, 0.717) is 11.3 Å². The van der Waals surface area contributed by atoms with Gasteiger partial charge in [-0.3, -0.25) is 15.0 Å². The summed E-state index contributed by atoms with van der Waals surface area (Å²) in [5.74, 6) is -4.06. The summed E-state index contributed by atoms with van der Waals surface area (Å²) in [6, 6.07) is 6.74. The number of esters is 2. The third-order valence-electron chi connectivity index (χ3n) is 4.73. The van der Waals surface area contributed by atoms with Crippen LogP contribution in [0.5, 0.6) is 0 Å². The maximum Gasteiger partial charge on any atom is 0.338 e. The van der Waals surface area contributed by atoms with Crippen LogP contribution < -0.4 is 5.32 Å². The van der Waals surface area contributed by atoms with E-state index in [4.69, 9.17) is 19.6 Å². The highest BCUT2D eigenvalue weighted by Gasteiger charge is 2.65. The summed E-state index contributed by atoms with van der Waals surface area (Å²) >= 11 is 0. The first-order valence-corrected chi connectivity index (χ1v) is 9.01. The van der Waals surface area contributed by atoms with Crippen LogP contribution in [0.15, 0.2) is 35.6 Å². The predicted octanol–water partition coefficient (Wildman–Crippen LogP) is 2.29. The van der Waals surface area contributed by atoms with Crippen LogP contribution in [-0.2, 0) is 34.0 Å². The normalized spacial score (nSPS) is 23.4. The van der Waals surface area contributed by atoms with Gasteiger partial charge in [-0.2, -0.15) is 0 Å². The molecule has 1 amide bonds. The highest BCUT2D eigenvalue weighted by Crippen LogP contribution is 2.52. The minimum atomic E-state index is -1.80. The van der Waals surface area contributed by atoms with Crippen molar-refractivity contribution in [3.8, 4) is 0 Å². The van der Waals surface area contributed by atoms with Crippen molar-refractivity contribution >= 4 is 29.4 Å². The lowest BCUT2D eigenvalue weighted by Gasteiger charge is -2.39. The van der Waals surface area contributed by atoms with E-state index < -0.39 is 41.2 Å². The molecule has 8 heteroatoms. The summed E-state index contributed by atoms with van der Waals surface area (Å²) < 4.78 is 15.9. The molecule has 1 aromatic carbocycles. The first-order chi connectivity index (χ1) is 13.2. The average molecular weight is 386 g/mol. The van der Waals surface area contributed by atoms with Crippen LogP contribution in [0.3, 0.4) is 0 Å². The van der Waals surface area contributed by atoms with Crippen LogP contribution in [0.1, 0.15) is 33.3 Å². The molecule has 3 rings (SSSR count). The molecule has 0 radical (unpaired) electrons. The van der Waals surface area contributed by atoms with E-state index in [2.05, 4.69) is 5.32 Å². The van der Waals surface area contributed by atoms with Gasteiger partial charge >= 0.3 is 11.9 Å². The molecule has 8 nitrogen and oxygen atoms in total. The lowest BCUT2D eigenvalue weighted by molar-refractivity contribution is -0.155. The predicted molar refractivity (Wildman–Crippen MR) is 99.6 cm³/mol. The Labute approximate surface area is 162 Å². The van der Waals surface area contributed by atoms with Gasteiger partial charge in [-0.1, -0.05) is 18.2 Å². The first kappa shape index (κ1) is 19.6. The zero-order chi connectivity index (χ0) is 20.6. The molecule has 2 heterocycles. The standard InChI is InChI=1S/C20H22N2O6/c1-5-26-17(23)14-11(4)28-16(21)15(18(24)27-10(2)3)20(14)12-8-6-7-9-13(12)22-19(20)25/h6-10,15,21H,5H2,1-4H3,(H,22,25). The molecular formula is C20H22N2O6. The minimum absolute atomic E-state index is 0.0453. The lowest BCUT2D eigenvalue weighted by atomic mass is 9.64. The molecule has 148 valence electrons. The van der Waals surface area contributed by atoms with Gasteiger partial charge in [0.2, 0.25) is 11.8 Å². The number of nitrogens with one attached hydrogen (secondary N) is 2. The molecule has 1 spiro atoms. The Kier molecular flexibility index (Phi) is 4.97. The topological polar surface area (TPSA) is 115 Å². The Morgan fingerprint density at radius 1 is 1.32 bits per heavy atom. The highest BCUT2D eigenvalue weighted by molar-refractivity contribution is 6.21. The number of carbonyl (C=O) groups excluding carboxylic acids is 3. The third kappa shape index (κ3) is 2.76. The second kappa shape index (κ2) is 7.10. The first-order valence-electron chi connectivity index (χ1n) is 9.01. The summed E-state index contributed by atoms with van der Waals surface area (Å²) in [6.07, 6.45) is -0.477. The Bertz CT molecular complexity index is 904. The molecule has 1 aromatic rings. The Balaban J connectivity index is 2.33. The molecule has 2 aliphatic heterocycles. The van der Waals surface area contributed by atoms with Gasteiger partial charge in [-0.05, 0) is 39.3 Å². The smallest absolute Gasteiger partial charge is 0.338 e. The number of fused-ring (bicyclic) bond motifs is 2. The maximum absolute atomic E-state index is 13.3. The van der Waals surface area contributed by atoms with Gasteiger partial charge in [0.1, 0.15) is 11.2 Å². The van der Waals surface area contributed by atoms with Crippen molar-refractivity contribution in [1.82, 2.24) is 0 Å². The molecular weight excluding hydrogens is 364 g/mol. The van der Waals surface area contributed by atoms with Crippen LogP contribution in [0.4, 0.5) is 5.69 Å². The molecule has 0 saturated heterocycles. The summed E-state index contributed by atoms with van der Waals surface area (Å²) in [6.45, 7) is 6.51. The van der Waals surface area contributed by atoms with E-state index in [1.54, 1.807) is 45.0 Å². The molecule has 2 aliphatic rings. The number of allylic oxidation sites excluding steroid dienone is 1. The van der Waals surface area contributed by atoms with Crippen LogP contribution in [0.25, 0.3) is 0 Å². The zero-order valence-electron chi connectivity index (χ0n) is 16.1. The van der Waals surface area contributed by atoms with Crippen LogP contribution >= 0.6 is 0 Å². The van der Waals surface area contributed by atoms with E-state index in [1.165, 1.54) is 6.92 Å². The van der Waals surface area contributed by atoms with Gasteiger partial charge in [0, 0.05) is 5.69 Å². The molecule has 0 aromatic heterocycles. The number of amides is 1. The number of rotatable bonds is 4. The van der Waals surface area contributed by atoms with Crippen LogP contribution in [0.2, 0.25) is 0 Å². The second-order valence-corrected chi connectivity index (χ2v) is 6.84. The number of para-hydroxylation sites is 1. The number of carbonyl (C=O) groups is 3. The quantitative estimate of drug-likeness (QED) is 0.767. The number of hydrogen-bond acceptors (Lipinski definition) is 7. The highest BCUT2D eigenvalue weighted by atomic mass is 16.6. The molecule has 2 N–H and O–H groups in total. The Morgan fingerprint density at radius 2 is 2.00 bits per heavy atom. The Hall–Kier alpha value is -3.16. The van der Waals surface area contributed by atoms with Crippen molar-refractivity contribution in [1.29, 1.82) is 5.41 Å². The summed E-state index contributed by atoms with van der Waals surface area (Å²) in [7, 11) is 0. The van der Waals surface area contributed by atoms with Crippen molar-refractivity contribution in [2.75, 3.05) is 11.9 Å². The van der Waals surface area contributed by atoms with E-state index in [-0.39, 0.29) is 17.9 Å². The van der Waals surface area contributed by atoms with E-state index >= 15 is 0 Å². The fourth-order valence-electron chi connectivity index (χ4n) is 3.80. The van der Waals surface area contributed by atoms with Crippen LogP contribution in [-0.4, -0.2) is 36.5 Å². The fraction of sp³-hybridized carbons (Fsp3) is 0.400. The van der Waals surface area contributed by atoms with Crippen molar-refractivity contribution in [3.05, 3.63) is 41.2 Å². The summed E-state index contributed by atoms with van der Waals surface area (Å²) in [5.41, 5.74) is -1.03. The largest absolute Gasteiger partial charge is 0.462 e. The van der Waals surface area contributed by atoms with Gasteiger partial charge in [0.25, 0.3) is 0 Å². The van der Waals surface area contributed by atoms with Crippen molar-refractivity contribution in [2.45, 2.75) is 39.2 Å². The molecule has 2 unspecified atom stereocenters. The lowest BCUT2D eigenvalue weighted by Crippen LogP contribution is -2.56. The summed E-state index contributed by atoms with van der Waals surface area (Å²) in [4.78, 5) is 39.1. The minimum Gasteiger partial charge on any atom is -0.462 e. The van der Waals surface area contributed by atoms with Crippen molar-refractivity contribution in [3.63, 3.8) is 0 Å². The fourth-order valence-corrected chi connectivity index (χ4v) is 3.80. The monoisotopic (exact) mass is 386 g/mol. The SMILES string of the molecule is CCOC(=O)C1=C(C)OC(=N)C(C(=O)OC(C)C)C12C(=O)Nc1ccccc12. The van der Waals surface area contributed by atoms with Crippen molar-refractivity contribution < 1.29 is 28.6 Å². The second-order valence-electron chi connectivity index (χ2n) is 6.84. The molecule has 0 fully saturated rings.